The molecular formula is C9H14F2N2O. The van der Waals surface area contributed by atoms with Crippen LogP contribution in [0.4, 0.5) is 8.78 Å². The first kappa shape index (κ1) is 11.1. The van der Waals surface area contributed by atoms with Gasteiger partial charge in [0.15, 0.2) is 0 Å². The molecule has 3 nitrogen and oxygen atoms in total. The summed E-state index contributed by atoms with van der Waals surface area (Å²) in [4.78, 5) is 0. The number of halogens is 2. The molecule has 0 amide bonds. The second kappa shape index (κ2) is 5.05. The zero-order chi connectivity index (χ0) is 10.6. The third-order valence-corrected chi connectivity index (χ3v) is 1.75. The molecule has 0 spiro atoms. The zero-order valence-electron chi connectivity index (χ0n) is 8.26. The molecular weight excluding hydrogens is 190 g/mol. The molecule has 0 aliphatic rings. The van der Waals surface area contributed by atoms with Crippen LogP contribution in [0.2, 0.25) is 0 Å². The number of nitrogens with zero attached hydrogens (tertiary/aromatic N) is 1. The number of hydrogen-bond donors (Lipinski definition) is 1. The fraction of sp³-hybridized carbons (Fsp3) is 0.667. The van der Waals surface area contributed by atoms with Crippen LogP contribution in [-0.2, 0) is 6.54 Å². The van der Waals surface area contributed by atoms with E-state index in [1.165, 1.54) is 0 Å². The van der Waals surface area contributed by atoms with Crippen LogP contribution in [0.25, 0.3) is 0 Å². The standard InChI is InChI=1S/C9H14F2N2O/c1-6(2)8-3-7(13-14-8)4-12-5-9(10)11/h3,6,9,12H,4-5H2,1-2H3. The molecule has 80 valence electrons. The van der Waals surface area contributed by atoms with Gasteiger partial charge in [-0.15, -0.1) is 0 Å². The van der Waals surface area contributed by atoms with E-state index >= 15 is 0 Å². The van der Waals surface area contributed by atoms with E-state index in [1.807, 2.05) is 13.8 Å². The van der Waals surface area contributed by atoms with Gasteiger partial charge in [0.1, 0.15) is 5.76 Å². The van der Waals surface area contributed by atoms with Gasteiger partial charge in [0.05, 0.1) is 12.2 Å². The number of aromatic nitrogens is 1. The molecule has 0 radical (unpaired) electrons. The summed E-state index contributed by atoms with van der Waals surface area (Å²) in [7, 11) is 0. The highest BCUT2D eigenvalue weighted by molar-refractivity contribution is 5.08. The van der Waals surface area contributed by atoms with Crippen LogP contribution in [0.1, 0.15) is 31.2 Å². The molecule has 1 N–H and O–H groups in total. The molecule has 0 bridgehead atoms. The molecule has 1 aromatic heterocycles. The van der Waals surface area contributed by atoms with Crippen molar-refractivity contribution in [3.63, 3.8) is 0 Å². The molecule has 1 heterocycles. The van der Waals surface area contributed by atoms with Crippen LogP contribution in [-0.4, -0.2) is 18.1 Å². The Balaban J connectivity index is 2.36. The lowest BCUT2D eigenvalue weighted by atomic mass is 10.1. The van der Waals surface area contributed by atoms with Crippen LogP contribution in [0, 0.1) is 0 Å². The molecule has 1 aromatic rings. The zero-order valence-corrected chi connectivity index (χ0v) is 8.26. The van der Waals surface area contributed by atoms with E-state index in [0.29, 0.717) is 12.2 Å². The minimum atomic E-state index is -2.33. The normalized spacial score (nSPS) is 11.6. The van der Waals surface area contributed by atoms with Gasteiger partial charge in [0.25, 0.3) is 6.43 Å². The molecule has 0 atom stereocenters. The Morgan fingerprint density at radius 3 is 2.71 bits per heavy atom. The molecule has 0 fully saturated rings. The van der Waals surface area contributed by atoms with E-state index in [0.717, 1.165) is 5.76 Å². The minimum absolute atomic E-state index is 0.270. The van der Waals surface area contributed by atoms with Gasteiger partial charge in [-0.25, -0.2) is 8.78 Å². The first-order chi connectivity index (χ1) is 6.59. The average Bonchev–Trinajstić information content (AvgIpc) is 2.52. The first-order valence-corrected chi connectivity index (χ1v) is 4.54. The SMILES string of the molecule is CC(C)c1cc(CNCC(F)F)no1. The fourth-order valence-corrected chi connectivity index (χ4v) is 0.993. The molecule has 0 saturated heterocycles. The average molecular weight is 204 g/mol. The molecule has 0 aromatic carbocycles. The van der Waals surface area contributed by atoms with E-state index < -0.39 is 6.43 Å². The summed E-state index contributed by atoms with van der Waals surface area (Å²) in [5.41, 5.74) is 0.661. The number of hydrogen-bond acceptors (Lipinski definition) is 3. The van der Waals surface area contributed by atoms with E-state index in [9.17, 15) is 8.78 Å². The van der Waals surface area contributed by atoms with Crippen molar-refractivity contribution in [2.24, 2.45) is 0 Å². The van der Waals surface area contributed by atoms with Crippen molar-refractivity contribution in [3.8, 4) is 0 Å². The van der Waals surface area contributed by atoms with Gasteiger partial charge < -0.3 is 9.84 Å². The van der Waals surface area contributed by atoms with Crippen molar-refractivity contribution >= 4 is 0 Å². The third-order valence-electron chi connectivity index (χ3n) is 1.75. The molecule has 5 heteroatoms. The Hall–Kier alpha value is -0.970. The van der Waals surface area contributed by atoms with Crippen LogP contribution in [0.5, 0.6) is 0 Å². The Kier molecular flexibility index (Phi) is 4.00. The van der Waals surface area contributed by atoms with Gasteiger partial charge in [-0.05, 0) is 0 Å². The highest BCUT2D eigenvalue weighted by Crippen LogP contribution is 2.14. The summed E-state index contributed by atoms with van der Waals surface area (Å²) in [6.07, 6.45) is -2.33. The number of nitrogens with one attached hydrogen (secondary N) is 1. The van der Waals surface area contributed by atoms with Crippen molar-refractivity contribution in [1.29, 1.82) is 0 Å². The second-order valence-electron chi connectivity index (χ2n) is 3.40. The van der Waals surface area contributed by atoms with Gasteiger partial charge in [-0.2, -0.15) is 0 Å². The fourth-order valence-electron chi connectivity index (χ4n) is 0.993. The largest absolute Gasteiger partial charge is 0.361 e. The van der Waals surface area contributed by atoms with E-state index in [2.05, 4.69) is 10.5 Å². The quantitative estimate of drug-likeness (QED) is 0.798. The van der Waals surface area contributed by atoms with Crippen molar-refractivity contribution in [3.05, 3.63) is 17.5 Å². The van der Waals surface area contributed by atoms with Crippen LogP contribution < -0.4 is 5.32 Å². The number of alkyl halides is 2. The van der Waals surface area contributed by atoms with Gasteiger partial charge in [0, 0.05) is 18.5 Å². The Bertz CT molecular complexity index is 274. The molecule has 0 saturated carbocycles. The van der Waals surface area contributed by atoms with Crippen LogP contribution >= 0.6 is 0 Å². The topological polar surface area (TPSA) is 38.1 Å². The maximum absolute atomic E-state index is 11.8. The smallest absolute Gasteiger partial charge is 0.250 e. The maximum atomic E-state index is 11.8. The lowest BCUT2D eigenvalue weighted by Crippen LogP contribution is -2.20. The Morgan fingerprint density at radius 2 is 2.21 bits per heavy atom. The molecule has 0 unspecified atom stereocenters. The van der Waals surface area contributed by atoms with Gasteiger partial charge in [-0.1, -0.05) is 19.0 Å². The summed E-state index contributed by atoms with van der Waals surface area (Å²) >= 11 is 0. The Morgan fingerprint density at radius 1 is 1.50 bits per heavy atom. The number of rotatable bonds is 5. The molecule has 1 rings (SSSR count). The van der Waals surface area contributed by atoms with Crippen LogP contribution in [0.15, 0.2) is 10.6 Å². The summed E-state index contributed by atoms with van der Waals surface area (Å²) in [6, 6.07) is 1.78. The lowest BCUT2D eigenvalue weighted by molar-refractivity contribution is 0.145. The van der Waals surface area contributed by atoms with Crippen molar-refractivity contribution in [1.82, 2.24) is 10.5 Å². The van der Waals surface area contributed by atoms with Gasteiger partial charge in [0.2, 0.25) is 0 Å². The highest BCUT2D eigenvalue weighted by Gasteiger charge is 2.08. The second-order valence-corrected chi connectivity index (χ2v) is 3.40. The van der Waals surface area contributed by atoms with E-state index in [1.54, 1.807) is 6.07 Å². The van der Waals surface area contributed by atoms with Gasteiger partial charge in [-0.3, -0.25) is 0 Å². The third kappa shape index (κ3) is 3.41. The monoisotopic (exact) mass is 204 g/mol. The van der Waals surface area contributed by atoms with Crippen molar-refractivity contribution in [2.75, 3.05) is 6.54 Å². The predicted molar refractivity (Wildman–Crippen MR) is 48.3 cm³/mol. The molecule has 14 heavy (non-hydrogen) atoms. The van der Waals surface area contributed by atoms with Gasteiger partial charge >= 0.3 is 0 Å². The Labute approximate surface area is 81.5 Å². The maximum Gasteiger partial charge on any atom is 0.250 e. The summed E-state index contributed by atoms with van der Waals surface area (Å²) in [6.45, 7) is 3.97. The van der Waals surface area contributed by atoms with Crippen LogP contribution in [0.3, 0.4) is 0 Å². The van der Waals surface area contributed by atoms with Crippen molar-refractivity contribution in [2.45, 2.75) is 32.7 Å². The summed E-state index contributed by atoms with van der Waals surface area (Å²) < 4.78 is 28.5. The first-order valence-electron chi connectivity index (χ1n) is 4.54. The van der Waals surface area contributed by atoms with Crippen molar-refractivity contribution < 1.29 is 13.3 Å². The van der Waals surface area contributed by atoms with E-state index in [4.69, 9.17) is 4.52 Å². The minimum Gasteiger partial charge on any atom is -0.361 e. The highest BCUT2D eigenvalue weighted by atomic mass is 19.3. The predicted octanol–water partition coefficient (Wildman–Crippen LogP) is 2.15. The summed E-state index contributed by atoms with van der Waals surface area (Å²) in [5.74, 6) is 1.05. The van der Waals surface area contributed by atoms with E-state index in [-0.39, 0.29) is 12.5 Å². The lowest BCUT2D eigenvalue weighted by Gasteiger charge is -1.99. The summed E-state index contributed by atoms with van der Waals surface area (Å²) in [5, 5.41) is 6.33. The molecule has 0 aliphatic carbocycles. The molecule has 0 aliphatic heterocycles.